The van der Waals surface area contributed by atoms with Gasteiger partial charge in [-0.15, -0.1) is 13.2 Å². The number of halogens is 4. The molecule has 0 bridgehead atoms. The van der Waals surface area contributed by atoms with Gasteiger partial charge in [-0.05, 0) is 18.6 Å². The monoisotopic (exact) mass is 359 g/mol. The molecule has 0 radical (unpaired) electrons. The summed E-state index contributed by atoms with van der Waals surface area (Å²) in [5.74, 6) is -4.58. The number of carboxylic acids is 1. The van der Waals surface area contributed by atoms with E-state index in [1.54, 1.807) is 11.6 Å². The molecule has 2 N–H and O–H groups in total. The lowest BCUT2D eigenvalue weighted by molar-refractivity contribution is -0.275. The van der Waals surface area contributed by atoms with Crippen molar-refractivity contribution in [2.24, 2.45) is 0 Å². The van der Waals surface area contributed by atoms with Crippen molar-refractivity contribution in [1.29, 1.82) is 0 Å². The van der Waals surface area contributed by atoms with Crippen LogP contribution in [0.3, 0.4) is 0 Å². The van der Waals surface area contributed by atoms with Crippen molar-refractivity contribution in [3.05, 3.63) is 24.0 Å². The lowest BCUT2D eigenvalue weighted by Gasteiger charge is -2.16. The zero-order valence-corrected chi connectivity index (χ0v) is 12.5. The minimum Gasteiger partial charge on any atom is -0.480 e. The average molecular weight is 359 g/mol. The third kappa shape index (κ3) is 5.36. The molecule has 0 saturated carbocycles. The van der Waals surface area contributed by atoms with Gasteiger partial charge in [-0.25, -0.2) is 12.8 Å². The molecule has 0 saturated heterocycles. The van der Waals surface area contributed by atoms with Crippen LogP contribution in [0.25, 0.3) is 0 Å². The highest BCUT2D eigenvalue weighted by Crippen LogP contribution is 2.29. The number of carboxylic acid groups (broad SMARTS) is 1. The van der Waals surface area contributed by atoms with Crippen LogP contribution in [0.15, 0.2) is 23.1 Å². The summed E-state index contributed by atoms with van der Waals surface area (Å²) in [4.78, 5) is 9.81. The smallest absolute Gasteiger partial charge is 0.480 e. The largest absolute Gasteiger partial charge is 0.573 e. The first-order valence-corrected chi connectivity index (χ1v) is 7.75. The minimum atomic E-state index is -5.21. The van der Waals surface area contributed by atoms with Gasteiger partial charge in [0, 0.05) is 0 Å². The van der Waals surface area contributed by atoms with Crippen LogP contribution in [-0.2, 0) is 14.8 Å². The van der Waals surface area contributed by atoms with E-state index in [9.17, 15) is 30.8 Å². The zero-order chi connectivity index (χ0) is 17.8. The maximum atomic E-state index is 13.9. The summed E-state index contributed by atoms with van der Waals surface area (Å²) >= 11 is 0. The van der Waals surface area contributed by atoms with Crippen LogP contribution in [0.5, 0.6) is 5.75 Å². The summed E-state index contributed by atoms with van der Waals surface area (Å²) in [5, 5.41) is 8.90. The van der Waals surface area contributed by atoms with Gasteiger partial charge in [-0.1, -0.05) is 19.4 Å². The predicted molar refractivity (Wildman–Crippen MR) is 69.7 cm³/mol. The fraction of sp³-hybridized carbons (Fsp3) is 0.417. The Hall–Kier alpha value is -1.88. The van der Waals surface area contributed by atoms with E-state index in [0.29, 0.717) is 18.6 Å². The van der Waals surface area contributed by atoms with E-state index in [4.69, 9.17) is 5.11 Å². The molecule has 130 valence electrons. The van der Waals surface area contributed by atoms with Crippen molar-refractivity contribution in [3.63, 3.8) is 0 Å². The molecule has 1 atom stereocenters. The Labute approximate surface area is 129 Å². The lowest BCUT2D eigenvalue weighted by Crippen LogP contribution is -2.40. The van der Waals surface area contributed by atoms with Gasteiger partial charge < -0.3 is 9.84 Å². The quantitative estimate of drug-likeness (QED) is 0.729. The molecule has 11 heteroatoms. The van der Waals surface area contributed by atoms with E-state index >= 15 is 0 Å². The van der Waals surface area contributed by atoms with Crippen molar-refractivity contribution in [1.82, 2.24) is 4.72 Å². The van der Waals surface area contributed by atoms with Crippen molar-refractivity contribution < 1.29 is 40.6 Å². The first kappa shape index (κ1) is 19.2. The SMILES string of the molecule is CCCC(NS(=O)(=O)c1cccc(OC(F)(F)F)c1F)C(=O)O. The lowest BCUT2D eigenvalue weighted by atomic mass is 10.2. The molecule has 1 unspecified atom stereocenters. The molecule has 0 aromatic heterocycles. The molecular weight excluding hydrogens is 346 g/mol. The topological polar surface area (TPSA) is 92.7 Å². The van der Waals surface area contributed by atoms with Gasteiger partial charge in [0.2, 0.25) is 10.0 Å². The van der Waals surface area contributed by atoms with Gasteiger partial charge in [0.25, 0.3) is 0 Å². The van der Waals surface area contributed by atoms with Crippen LogP contribution in [0, 0.1) is 5.82 Å². The molecule has 0 aliphatic heterocycles. The van der Waals surface area contributed by atoms with Crippen molar-refractivity contribution in [2.75, 3.05) is 0 Å². The molecule has 0 aliphatic carbocycles. The Morgan fingerprint density at radius 2 is 2.00 bits per heavy atom. The zero-order valence-electron chi connectivity index (χ0n) is 11.7. The summed E-state index contributed by atoms with van der Waals surface area (Å²) < 4.78 is 79.5. The number of ether oxygens (including phenoxy) is 1. The Kier molecular flexibility index (Phi) is 5.94. The summed E-state index contributed by atoms with van der Waals surface area (Å²) in [5.41, 5.74) is 0. The van der Waals surface area contributed by atoms with Crippen LogP contribution < -0.4 is 9.46 Å². The molecule has 0 heterocycles. The van der Waals surface area contributed by atoms with E-state index in [2.05, 4.69) is 4.74 Å². The normalized spacial score (nSPS) is 13.6. The third-order valence-electron chi connectivity index (χ3n) is 2.62. The van der Waals surface area contributed by atoms with E-state index in [0.717, 1.165) is 6.07 Å². The van der Waals surface area contributed by atoms with Crippen LogP contribution in [-0.4, -0.2) is 31.9 Å². The van der Waals surface area contributed by atoms with E-state index < -0.39 is 44.9 Å². The first-order valence-electron chi connectivity index (χ1n) is 6.27. The Bertz CT molecular complexity index is 675. The number of nitrogens with one attached hydrogen (secondary N) is 1. The standard InChI is InChI=1S/C12H13F4NO5S/c1-2-4-7(11(18)19)17-23(20,21)9-6-3-5-8(10(9)13)22-12(14,15)16/h3,5-7,17H,2,4H2,1H3,(H,18,19). The number of carbonyl (C=O) groups is 1. The van der Waals surface area contributed by atoms with Gasteiger partial charge in [-0.3, -0.25) is 4.79 Å². The Morgan fingerprint density at radius 1 is 1.39 bits per heavy atom. The molecular formula is C12H13F4NO5S. The molecule has 23 heavy (non-hydrogen) atoms. The second kappa shape index (κ2) is 7.13. The second-order valence-electron chi connectivity index (χ2n) is 4.42. The number of hydrogen-bond acceptors (Lipinski definition) is 4. The molecule has 0 amide bonds. The fourth-order valence-electron chi connectivity index (χ4n) is 1.67. The highest BCUT2D eigenvalue weighted by molar-refractivity contribution is 7.89. The van der Waals surface area contributed by atoms with Gasteiger partial charge in [-0.2, -0.15) is 4.72 Å². The maximum absolute atomic E-state index is 13.9. The number of sulfonamides is 1. The second-order valence-corrected chi connectivity index (χ2v) is 6.10. The van der Waals surface area contributed by atoms with Crippen LogP contribution in [0.2, 0.25) is 0 Å². The number of benzene rings is 1. The summed E-state index contributed by atoms with van der Waals surface area (Å²) in [6.45, 7) is 1.60. The Morgan fingerprint density at radius 3 is 2.48 bits per heavy atom. The van der Waals surface area contributed by atoms with Crippen molar-refractivity contribution in [2.45, 2.75) is 37.1 Å². The highest BCUT2D eigenvalue weighted by atomic mass is 32.2. The van der Waals surface area contributed by atoms with Crippen LogP contribution >= 0.6 is 0 Å². The molecule has 1 aromatic carbocycles. The summed E-state index contributed by atoms with van der Waals surface area (Å²) in [7, 11) is -4.69. The van der Waals surface area contributed by atoms with E-state index in [1.165, 1.54) is 0 Å². The predicted octanol–water partition coefficient (Wildman–Crippen LogP) is 2.26. The minimum absolute atomic E-state index is 0.0745. The van der Waals surface area contributed by atoms with Crippen molar-refractivity contribution >= 4 is 16.0 Å². The van der Waals surface area contributed by atoms with E-state index in [-0.39, 0.29) is 6.42 Å². The molecule has 0 spiro atoms. The number of hydrogen-bond donors (Lipinski definition) is 2. The Balaban J connectivity index is 3.18. The van der Waals surface area contributed by atoms with Gasteiger partial charge in [0.05, 0.1) is 0 Å². The third-order valence-corrected chi connectivity index (χ3v) is 4.11. The molecule has 6 nitrogen and oxygen atoms in total. The number of alkyl halides is 3. The first-order chi connectivity index (χ1) is 10.5. The van der Waals surface area contributed by atoms with Gasteiger partial charge in [0.1, 0.15) is 10.9 Å². The summed E-state index contributed by atoms with van der Waals surface area (Å²) in [6.07, 6.45) is -4.96. The van der Waals surface area contributed by atoms with E-state index in [1.807, 2.05) is 0 Å². The molecule has 0 fully saturated rings. The molecule has 1 aromatic rings. The molecule has 1 rings (SSSR count). The van der Waals surface area contributed by atoms with Crippen molar-refractivity contribution in [3.8, 4) is 5.75 Å². The van der Waals surface area contributed by atoms with Crippen LogP contribution in [0.4, 0.5) is 17.6 Å². The van der Waals surface area contributed by atoms with Gasteiger partial charge in [0.15, 0.2) is 11.6 Å². The summed E-state index contributed by atoms with van der Waals surface area (Å²) in [6, 6.07) is 0.611. The maximum Gasteiger partial charge on any atom is 0.573 e. The highest BCUT2D eigenvalue weighted by Gasteiger charge is 2.34. The van der Waals surface area contributed by atoms with Gasteiger partial charge >= 0.3 is 12.3 Å². The van der Waals surface area contributed by atoms with Crippen LogP contribution in [0.1, 0.15) is 19.8 Å². The molecule has 0 aliphatic rings. The number of aliphatic carboxylic acids is 1. The number of rotatable bonds is 7. The fourth-order valence-corrected chi connectivity index (χ4v) is 2.99. The average Bonchev–Trinajstić information content (AvgIpc) is 2.38.